The first-order chi connectivity index (χ1) is 23.9. The molecule has 0 aliphatic rings. The minimum Gasteiger partial charge on any atom is -0.478 e. The van der Waals surface area contributed by atoms with Crippen molar-refractivity contribution in [2.24, 2.45) is 10.2 Å². The summed E-state index contributed by atoms with van der Waals surface area (Å²) in [7, 11) is -14.8. The number of benzene rings is 4. The van der Waals surface area contributed by atoms with Gasteiger partial charge in [0.25, 0.3) is 30.4 Å². The number of fused-ring (bicyclic) bond motifs is 2. The molecule has 22 heteroatoms. The number of aromatic nitrogens is 4. The Morgan fingerprint density at radius 2 is 1.35 bits per heavy atom. The maximum absolute atomic E-state index is 12.5. The number of carboxylic acids is 1. The zero-order valence-electron chi connectivity index (χ0n) is 25.2. The Morgan fingerprint density at radius 3 is 2.02 bits per heavy atom. The molecule has 0 unspecified atom stereocenters. The largest absolute Gasteiger partial charge is 0.478 e. The summed E-state index contributed by atoms with van der Waals surface area (Å²) in [5, 5.41) is 19.6. The van der Waals surface area contributed by atoms with Crippen LogP contribution in [0, 0.1) is 0 Å². The van der Waals surface area contributed by atoms with E-state index in [2.05, 4.69) is 30.5 Å². The minimum atomic E-state index is -5.08. The summed E-state index contributed by atoms with van der Waals surface area (Å²) in [5.74, 6) is -1.84. The quantitative estimate of drug-likeness (QED) is 0.0697. The Labute approximate surface area is 287 Å². The van der Waals surface area contributed by atoms with Gasteiger partial charge in [-0.25, -0.2) is 9.36 Å². The highest BCUT2D eigenvalue weighted by atomic mass is 32.2. The van der Waals surface area contributed by atoms with E-state index < -0.39 is 56.7 Å². The summed E-state index contributed by atoms with van der Waals surface area (Å²) in [6.07, 6.45) is 2.68. The predicted octanol–water partition coefficient (Wildman–Crippen LogP) is 3.63. The van der Waals surface area contributed by atoms with Gasteiger partial charge in [-0.1, -0.05) is 30.3 Å². The molecule has 19 nitrogen and oxygen atoms in total. The van der Waals surface area contributed by atoms with E-state index in [4.69, 9.17) is 5.73 Å². The first-order valence-corrected chi connectivity index (χ1v) is 18.2. The van der Waals surface area contributed by atoms with Crippen molar-refractivity contribution in [2.75, 3.05) is 11.1 Å². The van der Waals surface area contributed by atoms with Crippen molar-refractivity contribution >= 4 is 86.8 Å². The predicted molar refractivity (Wildman–Crippen MR) is 178 cm³/mol. The van der Waals surface area contributed by atoms with Gasteiger partial charge >= 0.3 is 23.8 Å². The maximum Gasteiger partial charge on any atom is 0.444 e. The van der Waals surface area contributed by atoms with E-state index in [1.54, 1.807) is 0 Å². The summed E-state index contributed by atoms with van der Waals surface area (Å²) in [6.45, 7) is 0. The molecular weight excluding hydrogens is 733 g/mol. The molecular formula is C29H21N8O11S3+. The SMILES string of the molecule is Nc1nc(Nc2ccc(N=Nc3ccc4c(S(=O)(=O)O)cccc4c3S(=O)(=O)O)c3cccc(S(=O)(=O)O)c23)nc(-[n+]2cccc(C(=O)O)c2)n1. The van der Waals surface area contributed by atoms with Crippen LogP contribution in [-0.4, -0.2) is 64.9 Å². The number of hydrogen-bond donors (Lipinski definition) is 6. The molecule has 4 aromatic carbocycles. The fraction of sp³-hybridized carbons (Fsp3) is 0. The summed E-state index contributed by atoms with van der Waals surface area (Å²) in [4.78, 5) is 21.7. The molecule has 0 atom stereocenters. The number of nitrogens with zero attached hydrogens (tertiary/aromatic N) is 6. The third-order valence-electron chi connectivity index (χ3n) is 7.18. The number of carboxylic acid groups (broad SMARTS) is 1. The molecule has 0 aliphatic heterocycles. The lowest BCUT2D eigenvalue weighted by Gasteiger charge is -2.12. The fourth-order valence-corrected chi connectivity index (χ4v) is 7.40. The van der Waals surface area contributed by atoms with E-state index in [-0.39, 0.29) is 56.3 Å². The van der Waals surface area contributed by atoms with Crippen LogP contribution in [0.3, 0.4) is 0 Å². The Morgan fingerprint density at radius 1 is 0.706 bits per heavy atom. The topological polar surface area (TPSA) is 306 Å². The van der Waals surface area contributed by atoms with Gasteiger partial charge < -0.3 is 16.2 Å². The number of pyridine rings is 1. The molecule has 7 N–H and O–H groups in total. The van der Waals surface area contributed by atoms with Crippen molar-refractivity contribution in [1.82, 2.24) is 15.0 Å². The van der Waals surface area contributed by atoms with Crippen molar-refractivity contribution in [2.45, 2.75) is 14.7 Å². The van der Waals surface area contributed by atoms with Gasteiger partial charge in [0.05, 0.1) is 29.3 Å². The van der Waals surface area contributed by atoms with Gasteiger partial charge in [-0.05, 0) is 52.4 Å². The highest BCUT2D eigenvalue weighted by Crippen LogP contribution is 2.40. The molecule has 51 heavy (non-hydrogen) atoms. The molecule has 0 fully saturated rings. The van der Waals surface area contributed by atoms with Gasteiger partial charge in [0, 0.05) is 21.5 Å². The van der Waals surface area contributed by atoms with E-state index in [1.165, 1.54) is 59.4 Å². The Bertz CT molecular complexity index is 2820. The van der Waals surface area contributed by atoms with Crippen molar-refractivity contribution in [1.29, 1.82) is 0 Å². The number of nitrogens with one attached hydrogen (secondary N) is 1. The van der Waals surface area contributed by atoms with Crippen LogP contribution < -0.4 is 15.6 Å². The lowest BCUT2D eigenvalue weighted by Crippen LogP contribution is -2.34. The molecule has 2 heterocycles. The second-order valence-electron chi connectivity index (χ2n) is 10.4. The van der Waals surface area contributed by atoms with Gasteiger partial charge in [0.2, 0.25) is 0 Å². The summed E-state index contributed by atoms with van der Waals surface area (Å²) in [5.41, 5.74) is 5.29. The van der Waals surface area contributed by atoms with E-state index in [9.17, 15) is 48.8 Å². The molecule has 6 rings (SSSR count). The minimum absolute atomic E-state index is 0.0000778. The van der Waals surface area contributed by atoms with Gasteiger partial charge in [-0.3, -0.25) is 13.7 Å². The molecule has 0 saturated carbocycles. The number of carbonyl (C=O) groups is 1. The second-order valence-corrected chi connectivity index (χ2v) is 14.6. The second kappa shape index (κ2) is 12.7. The van der Waals surface area contributed by atoms with Gasteiger partial charge in [0.1, 0.15) is 20.4 Å². The van der Waals surface area contributed by atoms with Gasteiger partial charge in [0.15, 0.2) is 0 Å². The number of nitrogens with two attached hydrogens (primary N) is 1. The number of hydrogen-bond acceptors (Lipinski definition) is 14. The number of aromatic carboxylic acids is 1. The number of nitrogen functional groups attached to an aromatic ring is 1. The molecule has 0 saturated heterocycles. The van der Waals surface area contributed by atoms with Crippen LogP contribution in [0.5, 0.6) is 0 Å². The normalized spacial score (nSPS) is 12.5. The maximum atomic E-state index is 12.5. The van der Waals surface area contributed by atoms with Crippen LogP contribution in [0.25, 0.3) is 27.5 Å². The Balaban J connectivity index is 1.50. The van der Waals surface area contributed by atoms with Crippen molar-refractivity contribution in [3.05, 3.63) is 90.8 Å². The molecule has 2 aromatic heterocycles. The summed E-state index contributed by atoms with van der Waals surface area (Å²) in [6, 6.07) is 14.8. The fourth-order valence-electron chi connectivity index (χ4n) is 5.14. The van der Waals surface area contributed by atoms with Crippen LogP contribution >= 0.6 is 0 Å². The van der Waals surface area contributed by atoms with Crippen LogP contribution in [-0.2, 0) is 30.4 Å². The van der Waals surface area contributed by atoms with Gasteiger partial charge in [-0.15, -0.1) is 15.2 Å². The highest BCUT2D eigenvalue weighted by molar-refractivity contribution is 7.86. The van der Waals surface area contributed by atoms with E-state index >= 15 is 0 Å². The molecule has 6 aromatic rings. The van der Waals surface area contributed by atoms with Crippen LogP contribution in [0.1, 0.15) is 10.4 Å². The lowest BCUT2D eigenvalue weighted by atomic mass is 10.1. The molecule has 0 radical (unpaired) electrons. The average molecular weight is 754 g/mol. The highest BCUT2D eigenvalue weighted by Gasteiger charge is 2.25. The standard InChI is InChI=1S/C29H20N8O11S3/c30-27-32-28(34-29(33-27)37-13-3-4-15(14-37)26(38)39)31-20-12-11-19(18-6-2-8-23(24(18)20)50(43,44)45)35-36-21-10-9-16-17(25(21)51(46,47)48)5-1-7-22(16)49(40,41)42/h1-14H,(H6-,30,31,32,33,34,36,38,39,40,41,42,43,44,45,46,47,48)/p+1. The monoisotopic (exact) mass is 753 g/mol. The Hall–Kier alpha value is -6.04. The lowest BCUT2D eigenvalue weighted by molar-refractivity contribution is -0.603. The van der Waals surface area contributed by atoms with Gasteiger partial charge in [-0.2, -0.15) is 25.3 Å². The van der Waals surface area contributed by atoms with E-state index in [0.29, 0.717) is 0 Å². The molecule has 0 bridgehead atoms. The first kappa shape index (κ1) is 34.8. The molecule has 0 amide bonds. The summed E-state index contributed by atoms with van der Waals surface area (Å²) < 4.78 is 105. The smallest absolute Gasteiger partial charge is 0.444 e. The van der Waals surface area contributed by atoms with Crippen LogP contribution in [0.15, 0.2) is 110 Å². The first-order valence-electron chi connectivity index (χ1n) is 13.9. The average Bonchev–Trinajstić information content (AvgIpc) is 3.05. The molecule has 0 aliphatic carbocycles. The third-order valence-corrected chi connectivity index (χ3v) is 9.93. The van der Waals surface area contributed by atoms with Crippen molar-refractivity contribution in [3.63, 3.8) is 0 Å². The molecule has 0 spiro atoms. The Kier molecular flexibility index (Phi) is 8.66. The molecule has 260 valence electrons. The number of anilines is 3. The van der Waals surface area contributed by atoms with E-state index in [1.807, 2.05) is 0 Å². The zero-order valence-corrected chi connectivity index (χ0v) is 27.7. The van der Waals surface area contributed by atoms with Crippen molar-refractivity contribution < 1.29 is 53.4 Å². The van der Waals surface area contributed by atoms with Crippen molar-refractivity contribution in [3.8, 4) is 5.95 Å². The van der Waals surface area contributed by atoms with Crippen LogP contribution in [0.4, 0.5) is 29.0 Å². The van der Waals surface area contributed by atoms with Crippen LogP contribution in [0.2, 0.25) is 0 Å². The summed E-state index contributed by atoms with van der Waals surface area (Å²) >= 11 is 0. The van der Waals surface area contributed by atoms with E-state index in [0.717, 1.165) is 30.3 Å². The zero-order chi connectivity index (χ0) is 36.9. The third kappa shape index (κ3) is 7.03. The number of rotatable bonds is 9. The number of azo groups is 1.